The molecule has 0 fully saturated rings. The smallest absolute Gasteiger partial charge is 0.198 e. The molecule has 24 heavy (non-hydrogen) atoms. The van der Waals surface area contributed by atoms with Gasteiger partial charge in [0, 0.05) is 12.0 Å². The Hall–Kier alpha value is -2.69. The van der Waals surface area contributed by atoms with Crippen LogP contribution in [0.5, 0.6) is 5.75 Å². The van der Waals surface area contributed by atoms with E-state index in [9.17, 15) is 9.90 Å². The molecule has 0 aliphatic heterocycles. The molecule has 2 aromatic carbocycles. The summed E-state index contributed by atoms with van der Waals surface area (Å²) in [5, 5.41) is 19.7. The summed E-state index contributed by atoms with van der Waals surface area (Å²) in [6.45, 7) is 6.11. The molecule has 1 heterocycles. The lowest BCUT2D eigenvalue weighted by molar-refractivity contribution is 0.440. The normalized spacial score (nSPS) is 11.8. The lowest BCUT2D eigenvalue weighted by Crippen LogP contribution is -2.14. The zero-order valence-corrected chi connectivity index (χ0v) is 14.1. The van der Waals surface area contributed by atoms with Crippen LogP contribution < -0.4 is 0 Å². The van der Waals surface area contributed by atoms with Gasteiger partial charge in [-0.25, -0.2) is 0 Å². The number of aromatic nitrogens is 3. The van der Waals surface area contributed by atoms with Gasteiger partial charge in [-0.05, 0) is 35.6 Å². The van der Waals surface area contributed by atoms with Crippen molar-refractivity contribution in [1.29, 1.82) is 0 Å². The molecule has 0 bridgehead atoms. The van der Waals surface area contributed by atoms with Crippen molar-refractivity contribution in [2.24, 2.45) is 0 Å². The quantitative estimate of drug-likeness (QED) is 0.798. The Morgan fingerprint density at radius 3 is 2.29 bits per heavy atom. The molecule has 5 heteroatoms. The van der Waals surface area contributed by atoms with Gasteiger partial charge in [-0.3, -0.25) is 4.79 Å². The van der Waals surface area contributed by atoms with Gasteiger partial charge < -0.3 is 5.11 Å². The van der Waals surface area contributed by atoms with Crippen molar-refractivity contribution < 1.29 is 9.90 Å². The number of aromatic hydroxyl groups is 1. The van der Waals surface area contributed by atoms with Gasteiger partial charge in [0.05, 0.1) is 0 Å². The molecular weight excluding hydrogens is 302 g/mol. The van der Waals surface area contributed by atoms with Crippen LogP contribution in [0.1, 0.15) is 38.3 Å². The van der Waals surface area contributed by atoms with E-state index in [-0.39, 0.29) is 11.2 Å². The highest BCUT2D eigenvalue weighted by Crippen LogP contribution is 2.36. The molecule has 0 saturated heterocycles. The third-order valence-corrected chi connectivity index (χ3v) is 3.98. The van der Waals surface area contributed by atoms with Crippen LogP contribution in [0.3, 0.4) is 0 Å². The second-order valence-electron chi connectivity index (χ2n) is 6.88. The third-order valence-electron chi connectivity index (χ3n) is 3.98. The summed E-state index contributed by atoms with van der Waals surface area (Å²) < 4.78 is 0. The Morgan fingerprint density at radius 1 is 1.12 bits per heavy atom. The van der Waals surface area contributed by atoms with Crippen LogP contribution >= 0.6 is 0 Å². The fourth-order valence-corrected chi connectivity index (χ4v) is 2.71. The molecule has 0 aliphatic carbocycles. The van der Waals surface area contributed by atoms with E-state index in [1.165, 1.54) is 4.80 Å². The number of phenols is 1. The Bertz CT molecular complexity index is 858. The summed E-state index contributed by atoms with van der Waals surface area (Å²) in [7, 11) is 0. The number of fused-ring (bicyclic) bond motifs is 1. The Balaban J connectivity index is 2.19. The molecule has 0 spiro atoms. The fourth-order valence-electron chi connectivity index (χ4n) is 2.71. The van der Waals surface area contributed by atoms with Gasteiger partial charge in [-0.1, -0.05) is 39.0 Å². The second kappa shape index (κ2) is 6.07. The summed E-state index contributed by atoms with van der Waals surface area (Å²) >= 11 is 0. The van der Waals surface area contributed by atoms with Crippen molar-refractivity contribution in [3.8, 4) is 11.4 Å². The van der Waals surface area contributed by atoms with E-state index in [1.54, 1.807) is 0 Å². The van der Waals surface area contributed by atoms with Gasteiger partial charge >= 0.3 is 0 Å². The summed E-state index contributed by atoms with van der Waals surface area (Å²) in [5.41, 5.74) is 3.58. The standard InChI is InChI=1S/C19H20N3O2/c1-19(2,3)14-11-13(7-6-10-23)12-17(18(14)24)22-20-15-8-4-5-9-16(15)21-22/h4-5,8-9,11-12,24H,6-7H2,1-3H3. The molecular formula is C19H20N3O2. The molecule has 1 radical (unpaired) electrons. The largest absolute Gasteiger partial charge is 0.505 e. The molecule has 3 rings (SSSR count). The highest BCUT2D eigenvalue weighted by molar-refractivity contribution is 5.73. The van der Waals surface area contributed by atoms with Crippen LogP contribution in [0.2, 0.25) is 0 Å². The highest BCUT2D eigenvalue weighted by atomic mass is 16.3. The first kappa shape index (κ1) is 16.2. The van der Waals surface area contributed by atoms with Gasteiger partial charge in [0.25, 0.3) is 0 Å². The molecule has 0 saturated carbocycles. The van der Waals surface area contributed by atoms with E-state index >= 15 is 0 Å². The predicted molar refractivity (Wildman–Crippen MR) is 93.2 cm³/mol. The zero-order valence-electron chi connectivity index (χ0n) is 14.1. The lowest BCUT2D eigenvalue weighted by atomic mass is 9.84. The maximum absolute atomic E-state index is 10.8. The second-order valence-corrected chi connectivity index (χ2v) is 6.88. The molecule has 0 unspecified atom stereocenters. The maximum Gasteiger partial charge on any atom is 0.198 e. The minimum absolute atomic E-state index is 0.168. The average molecular weight is 322 g/mol. The van der Waals surface area contributed by atoms with Crippen molar-refractivity contribution in [3.05, 3.63) is 47.5 Å². The van der Waals surface area contributed by atoms with Crippen molar-refractivity contribution in [1.82, 2.24) is 15.0 Å². The molecule has 0 atom stereocenters. The Morgan fingerprint density at radius 2 is 1.75 bits per heavy atom. The van der Waals surface area contributed by atoms with Gasteiger partial charge in [0.15, 0.2) is 6.29 Å². The summed E-state index contributed by atoms with van der Waals surface area (Å²) in [6, 6.07) is 11.3. The van der Waals surface area contributed by atoms with Gasteiger partial charge in [-0.15, -0.1) is 15.0 Å². The van der Waals surface area contributed by atoms with E-state index in [0.717, 1.165) is 22.2 Å². The van der Waals surface area contributed by atoms with Crippen LogP contribution in [-0.4, -0.2) is 26.4 Å². The van der Waals surface area contributed by atoms with E-state index in [0.29, 0.717) is 18.5 Å². The number of benzene rings is 2. The number of aryl methyl sites for hydroxylation is 1. The molecule has 5 nitrogen and oxygen atoms in total. The van der Waals surface area contributed by atoms with E-state index in [1.807, 2.05) is 63.5 Å². The lowest BCUT2D eigenvalue weighted by Gasteiger charge is -2.23. The molecule has 1 aromatic heterocycles. The zero-order chi connectivity index (χ0) is 17.3. The van der Waals surface area contributed by atoms with Gasteiger partial charge in [-0.2, -0.15) is 0 Å². The first-order chi connectivity index (χ1) is 11.4. The van der Waals surface area contributed by atoms with E-state index < -0.39 is 0 Å². The van der Waals surface area contributed by atoms with Crippen molar-refractivity contribution in [2.75, 3.05) is 0 Å². The number of carbonyl (C=O) groups excluding carboxylic acids is 1. The van der Waals surface area contributed by atoms with Crippen molar-refractivity contribution >= 4 is 17.3 Å². The number of hydrogen-bond acceptors (Lipinski definition) is 4. The van der Waals surface area contributed by atoms with Crippen molar-refractivity contribution in [2.45, 2.75) is 39.0 Å². The fraction of sp³-hybridized carbons (Fsp3) is 0.316. The molecule has 0 aliphatic rings. The molecule has 1 N–H and O–H groups in total. The van der Waals surface area contributed by atoms with Crippen LogP contribution in [-0.2, 0) is 16.6 Å². The highest BCUT2D eigenvalue weighted by Gasteiger charge is 2.23. The van der Waals surface area contributed by atoms with Crippen LogP contribution in [0.4, 0.5) is 0 Å². The van der Waals surface area contributed by atoms with Crippen molar-refractivity contribution in [3.63, 3.8) is 0 Å². The van der Waals surface area contributed by atoms with E-state index in [2.05, 4.69) is 10.2 Å². The van der Waals surface area contributed by atoms with Gasteiger partial charge in [0.2, 0.25) is 0 Å². The summed E-state index contributed by atoms with van der Waals surface area (Å²) in [6.07, 6.45) is 2.81. The first-order valence-corrected chi connectivity index (χ1v) is 7.94. The number of nitrogens with zero attached hydrogens (tertiary/aromatic N) is 3. The minimum Gasteiger partial charge on any atom is -0.505 e. The monoisotopic (exact) mass is 322 g/mol. The minimum atomic E-state index is -0.244. The number of hydrogen-bond donors (Lipinski definition) is 1. The Kier molecular flexibility index (Phi) is 4.09. The van der Waals surface area contributed by atoms with Crippen LogP contribution in [0.15, 0.2) is 36.4 Å². The predicted octanol–water partition coefficient (Wildman–Crippen LogP) is 3.47. The summed E-state index contributed by atoms with van der Waals surface area (Å²) in [4.78, 5) is 12.1. The SMILES string of the molecule is CC(C)(C)c1cc(CC[C]=O)cc(-n2nc3ccccc3n2)c1O. The topological polar surface area (TPSA) is 68.0 Å². The van der Waals surface area contributed by atoms with Crippen LogP contribution in [0.25, 0.3) is 16.7 Å². The Labute approximate surface area is 140 Å². The third kappa shape index (κ3) is 3.02. The molecule has 123 valence electrons. The average Bonchev–Trinajstić information content (AvgIpc) is 2.96. The number of phenolic OH excluding ortho intramolecular Hbond substituents is 1. The first-order valence-electron chi connectivity index (χ1n) is 7.94. The van der Waals surface area contributed by atoms with Gasteiger partial charge in [0.1, 0.15) is 22.5 Å². The maximum atomic E-state index is 10.8. The number of rotatable bonds is 4. The molecule has 3 aromatic rings. The van der Waals surface area contributed by atoms with E-state index in [4.69, 9.17) is 0 Å². The summed E-state index contributed by atoms with van der Waals surface area (Å²) in [5.74, 6) is 0.168. The van der Waals surface area contributed by atoms with Crippen LogP contribution in [0, 0.1) is 0 Å². The molecule has 0 amide bonds.